The lowest BCUT2D eigenvalue weighted by molar-refractivity contribution is -0.00667. The van der Waals surface area contributed by atoms with Gasteiger partial charge in [-0.25, -0.2) is 0 Å². The molecule has 1 aromatic carbocycles. The van der Waals surface area contributed by atoms with Crippen molar-refractivity contribution in [1.82, 2.24) is 0 Å². The van der Waals surface area contributed by atoms with Crippen LogP contribution in [0.1, 0.15) is 32.6 Å². The van der Waals surface area contributed by atoms with Crippen LogP contribution < -0.4 is 5.73 Å². The summed E-state index contributed by atoms with van der Waals surface area (Å²) >= 11 is 0. The number of methoxy groups -OCH3 is 1. The molecule has 3 nitrogen and oxygen atoms in total. The molecular weight excluding hydrogens is 226 g/mol. The number of fused-ring (bicyclic) bond motifs is 1. The van der Waals surface area contributed by atoms with Crippen molar-refractivity contribution >= 4 is 11.0 Å². The fourth-order valence-electron chi connectivity index (χ4n) is 2.35. The monoisotopic (exact) mass is 247 g/mol. The molecule has 0 saturated carbocycles. The molecule has 1 aromatic heterocycles. The van der Waals surface area contributed by atoms with Crippen molar-refractivity contribution in [2.24, 2.45) is 11.1 Å². The summed E-state index contributed by atoms with van der Waals surface area (Å²) in [4.78, 5) is 0. The van der Waals surface area contributed by atoms with E-state index in [1.807, 2.05) is 30.3 Å². The number of furan rings is 1. The van der Waals surface area contributed by atoms with E-state index < -0.39 is 0 Å². The van der Waals surface area contributed by atoms with E-state index in [9.17, 15) is 0 Å². The first kappa shape index (κ1) is 13.1. The van der Waals surface area contributed by atoms with E-state index in [-0.39, 0.29) is 17.6 Å². The second kappa shape index (κ2) is 4.75. The molecule has 2 rings (SSSR count). The molecule has 2 N–H and O–H groups in total. The Hall–Kier alpha value is -1.32. The van der Waals surface area contributed by atoms with Crippen LogP contribution >= 0.6 is 0 Å². The minimum absolute atomic E-state index is 0.0346. The molecule has 0 spiro atoms. The normalized spacial score (nSPS) is 15.8. The van der Waals surface area contributed by atoms with Gasteiger partial charge in [-0.15, -0.1) is 0 Å². The van der Waals surface area contributed by atoms with Gasteiger partial charge in [-0.2, -0.15) is 0 Å². The third kappa shape index (κ3) is 2.42. The van der Waals surface area contributed by atoms with Crippen LogP contribution in [0.25, 0.3) is 11.0 Å². The number of hydrogen-bond donors (Lipinski definition) is 1. The standard InChI is InChI=1S/C15H21NO2/c1-15(2,3)14(17-4)13(16)12-9-10-7-5-6-8-11(10)18-12/h5-9,13-14H,16H2,1-4H3. The Kier molecular flexibility index (Phi) is 3.46. The van der Waals surface area contributed by atoms with Crippen LogP contribution in [0.15, 0.2) is 34.7 Å². The van der Waals surface area contributed by atoms with Crippen molar-refractivity contribution in [2.45, 2.75) is 32.9 Å². The Morgan fingerprint density at radius 3 is 2.44 bits per heavy atom. The van der Waals surface area contributed by atoms with Gasteiger partial charge in [0.25, 0.3) is 0 Å². The maximum atomic E-state index is 6.28. The van der Waals surface area contributed by atoms with E-state index in [1.165, 1.54) is 0 Å². The van der Waals surface area contributed by atoms with Gasteiger partial charge in [-0.3, -0.25) is 0 Å². The van der Waals surface area contributed by atoms with Crippen LogP contribution in [0.3, 0.4) is 0 Å². The zero-order valence-electron chi connectivity index (χ0n) is 11.4. The highest BCUT2D eigenvalue weighted by atomic mass is 16.5. The van der Waals surface area contributed by atoms with Crippen LogP contribution in [0, 0.1) is 5.41 Å². The van der Waals surface area contributed by atoms with Crippen LogP contribution in [0.4, 0.5) is 0 Å². The van der Waals surface area contributed by atoms with E-state index in [0.29, 0.717) is 0 Å². The first-order valence-electron chi connectivity index (χ1n) is 6.20. The molecule has 0 saturated heterocycles. The minimum Gasteiger partial charge on any atom is -0.459 e. The van der Waals surface area contributed by atoms with Crippen LogP contribution in [-0.2, 0) is 4.74 Å². The van der Waals surface area contributed by atoms with Crippen LogP contribution in [0.5, 0.6) is 0 Å². The Morgan fingerprint density at radius 2 is 1.89 bits per heavy atom. The highest BCUT2D eigenvalue weighted by molar-refractivity contribution is 5.77. The zero-order valence-corrected chi connectivity index (χ0v) is 11.4. The molecular formula is C15H21NO2. The predicted molar refractivity (Wildman–Crippen MR) is 73.4 cm³/mol. The fourth-order valence-corrected chi connectivity index (χ4v) is 2.35. The summed E-state index contributed by atoms with van der Waals surface area (Å²) in [5.74, 6) is 0.776. The molecule has 2 aromatic rings. The number of ether oxygens (including phenoxy) is 1. The molecule has 0 amide bonds. The van der Waals surface area contributed by atoms with Gasteiger partial charge in [0.2, 0.25) is 0 Å². The Labute approximate surface area is 108 Å². The predicted octanol–water partition coefficient (Wildman–Crippen LogP) is 3.49. The van der Waals surface area contributed by atoms with E-state index in [1.54, 1.807) is 7.11 Å². The summed E-state index contributed by atoms with van der Waals surface area (Å²) in [5, 5.41) is 1.08. The lowest BCUT2D eigenvalue weighted by Gasteiger charge is -2.32. The molecule has 1 heterocycles. The van der Waals surface area contributed by atoms with Gasteiger partial charge in [-0.1, -0.05) is 39.0 Å². The quantitative estimate of drug-likeness (QED) is 0.903. The first-order valence-corrected chi connectivity index (χ1v) is 6.20. The maximum absolute atomic E-state index is 6.28. The van der Waals surface area contributed by atoms with Crippen molar-refractivity contribution in [2.75, 3.05) is 7.11 Å². The van der Waals surface area contributed by atoms with Gasteiger partial charge in [0.1, 0.15) is 11.3 Å². The Morgan fingerprint density at radius 1 is 1.22 bits per heavy atom. The Bertz CT molecular complexity index is 492. The van der Waals surface area contributed by atoms with Crippen molar-refractivity contribution < 1.29 is 9.15 Å². The van der Waals surface area contributed by atoms with Crippen LogP contribution in [0.2, 0.25) is 0 Å². The molecule has 2 atom stereocenters. The van der Waals surface area contributed by atoms with E-state index in [0.717, 1.165) is 16.7 Å². The van der Waals surface area contributed by atoms with Gasteiger partial charge < -0.3 is 14.9 Å². The number of nitrogens with two attached hydrogens (primary N) is 1. The van der Waals surface area contributed by atoms with Gasteiger partial charge in [0.05, 0.1) is 12.1 Å². The lowest BCUT2D eigenvalue weighted by Crippen LogP contribution is -2.38. The topological polar surface area (TPSA) is 48.4 Å². The van der Waals surface area contributed by atoms with Gasteiger partial charge >= 0.3 is 0 Å². The molecule has 0 aliphatic rings. The number of para-hydroxylation sites is 1. The molecule has 2 unspecified atom stereocenters. The molecule has 0 aliphatic carbocycles. The summed E-state index contributed by atoms with van der Waals surface area (Å²) < 4.78 is 11.3. The zero-order chi connectivity index (χ0) is 13.3. The second-order valence-electron chi connectivity index (χ2n) is 5.73. The van der Waals surface area contributed by atoms with Crippen molar-refractivity contribution in [3.05, 3.63) is 36.1 Å². The minimum atomic E-state index is -0.262. The number of rotatable bonds is 3. The summed E-state index contributed by atoms with van der Waals surface area (Å²) in [6.07, 6.45) is -0.0851. The third-order valence-corrected chi connectivity index (χ3v) is 3.21. The average molecular weight is 247 g/mol. The summed E-state index contributed by atoms with van der Waals surface area (Å²) in [5.41, 5.74) is 7.11. The largest absolute Gasteiger partial charge is 0.459 e. The number of benzene rings is 1. The number of hydrogen-bond acceptors (Lipinski definition) is 3. The van der Waals surface area contributed by atoms with Gasteiger partial charge in [0, 0.05) is 12.5 Å². The van der Waals surface area contributed by atoms with Crippen molar-refractivity contribution in [1.29, 1.82) is 0 Å². The highest BCUT2D eigenvalue weighted by Crippen LogP contribution is 2.33. The fraction of sp³-hybridized carbons (Fsp3) is 0.467. The highest BCUT2D eigenvalue weighted by Gasteiger charge is 2.32. The Balaban J connectivity index is 2.35. The van der Waals surface area contributed by atoms with Crippen molar-refractivity contribution in [3.63, 3.8) is 0 Å². The van der Waals surface area contributed by atoms with Crippen molar-refractivity contribution in [3.8, 4) is 0 Å². The summed E-state index contributed by atoms with van der Waals surface area (Å²) in [6, 6.07) is 9.65. The molecule has 98 valence electrons. The first-order chi connectivity index (χ1) is 8.43. The third-order valence-electron chi connectivity index (χ3n) is 3.21. The molecule has 0 fully saturated rings. The van der Waals surface area contributed by atoms with E-state index >= 15 is 0 Å². The van der Waals surface area contributed by atoms with Crippen LogP contribution in [-0.4, -0.2) is 13.2 Å². The molecule has 0 aliphatic heterocycles. The maximum Gasteiger partial charge on any atom is 0.134 e. The summed E-state index contributed by atoms with van der Waals surface area (Å²) in [7, 11) is 1.69. The molecule has 0 radical (unpaired) electrons. The van der Waals surface area contributed by atoms with Gasteiger partial charge in [-0.05, 0) is 17.5 Å². The molecule has 0 bridgehead atoms. The molecule has 3 heteroatoms. The lowest BCUT2D eigenvalue weighted by atomic mass is 9.84. The smallest absolute Gasteiger partial charge is 0.134 e. The molecule has 18 heavy (non-hydrogen) atoms. The van der Waals surface area contributed by atoms with E-state index in [4.69, 9.17) is 14.9 Å². The SMILES string of the molecule is COC(C(N)c1cc2ccccc2o1)C(C)(C)C. The second-order valence-corrected chi connectivity index (χ2v) is 5.73. The van der Waals surface area contributed by atoms with E-state index in [2.05, 4.69) is 20.8 Å². The summed E-state index contributed by atoms with van der Waals surface area (Å²) in [6.45, 7) is 6.34. The average Bonchev–Trinajstić information content (AvgIpc) is 2.71. The van der Waals surface area contributed by atoms with Gasteiger partial charge in [0.15, 0.2) is 0 Å².